The molecule has 5 nitrogen and oxygen atoms in total. The average molecular weight is 348 g/mol. The Morgan fingerprint density at radius 3 is 2.68 bits per heavy atom. The third-order valence-electron chi connectivity index (χ3n) is 3.96. The summed E-state index contributed by atoms with van der Waals surface area (Å²) >= 11 is 5.95. The molecule has 0 aromatic heterocycles. The molecular formula is C15H22ClNO4S. The Hall–Kier alpha value is -0.820. The maximum atomic E-state index is 12.3. The number of ether oxygens (including phenoxy) is 2. The second-order valence-electron chi connectivity index (χ2n) is 5.96. The highest BCUT2D eigenvalue weighted by Crippen LogP contribution is 2.31. The van der Waals surface area contributed by atoms with Crippen molar-refractivity contribution in [1.29, 1.82) is 0 Å². The second kappa shape index (κ2) is 7.17. The molecule has 1 N–H and O–H groups in total. The number of hydrogen-bond acceptors (Lipinski definition) is 4. The fourth-order valence-corrected chi connectivity index (χ4v) is 4.47. The molecule has 1 aromatic carbocycles. The molecule has 22 heavy (non-hydrogen) atoms. The van der Waals surface area contributed by atoms with Crippen LogP contribution in [0.15, 0.2) is 18.2 Å². The van der Waals surface area contributed by atoms with Crippen LogP contribution in [0, 0.1) is 5.41 Å². The first kappa shape index (κ1) is 17.5. The van der Waals surface area contributed by atoms with Crippen LogP contribution >= 0.6 is 11.6 Å². The van der Waals surface area contributed by atoms with Gasteiger partial charge in [-0.25, -0.2) is 13.1 Å². The number of sulfonamides is 1. The molecule has 0 amide bonds. The van der Waals surface area contributed by atoms with Gasteiger partial charge in [0.05, 0.1) is 12.9 Å². The third-order valence-corrected chi connectivity index (χ3v) is 5.86. The van der Waals surface area contributed by atoms with Crippen LogP contribution in [0.25, 0.3) is 0 Å². The first-order chi connectivity index (χ1) is 10.3. The number of nitrogens with one attached hydrogen (secondary N) is 1. The van der Waals surface area contributed by atoms with Crippen LogP contribution in [-0.2, 0) is 21.3 Å². The van der Waals surface area contributed by atoms with Crippen molar-refractivity contribution in [3.05, 3.63) is 28.8 Å². The lowest BCUT2D eigenvalue weighted by atomic mass is 9.85. The van der Waals surface area contributed by atoms with Crippen LogP contribution < -0.4 is 9.46 Å². The van der Waals surface area contributed by atoms with Gasteiger partial charge in [-0.15, -0.1) is 0 Å². The van der Waals surface area contributed by atoms with Gasteiger partial charge in [0.15, 0.2) is 0 Å². The first-order valence-electron chi connectivity index (χ1n) is 7.21. The predicted molar refractivity (Wildman–Crippen MR) is 86.8 cm³/mol. The van der Waals surface area contributed by atoms with E-state index in [-0.39, 0.29) is 17.7 Å². The molecule has 1 heterocycles. The lowest BCUT2D eigenvalue weighted by Crippen LogP contribution is -2.38. The predicted octanol–water partition coefficient (Wildman–Crippen LogP) is 2.58. The van der Waals surface area contributed by atoms with Gasteiger partial charge in [0.1, 0.15) is 5.75 Å². The molecular weight excluding hydrogens is 326 g/mol. The van der Waals surface area contributed by atoms with Crippen LogP contribution in [-0.4, -0.2) is 34.5 Å². The Labute approximate surface area is 137 Å². The van der Waals surface area contributed by atoms with Crippen molar-refractivity contribution in [1.82, 2.24) is 4.72 Å². The fourth-order valence-electron chi connectivity index (χ4n) is 2.59. The van der Waals surface area contributed by atoms with Crippen LogP contribution in [0.5, 0.6) is 5.75 Å². The highest BCUT2D eigenvalue weighted by molar-refractivity contribution is 7.89. The summed E-state index contributed by atoms with van der Waals surface area (Å²) in [6.45, 7) is 3.40. The summed E-state index contributed by atoms with van der Waals surface area (Å²) in [5.41, 5.74) is 0.485. The Balaban J connectivity index is 2.02. The van der Waals surface area contributed by atoms with Gasteiger partial charge in [-0.1, -0.05) is 18.5 Å². The van der Waals surface area contributed by atoms with Crippen LogP contribution in [0.4, 0.5) is 0 Å². The van der Waals surface area contributed by atoms with Crippen molar-refractivity contribution in [2.45, 2.75) is 26.3 Å². The molecule has 2 rings (SSSR count). The maximum Gasteiger partial charge on any atom is 0.212 e. The number of benzene rings is 1. The maximum absolute atomic E-state index is 12.3. The summed E-state index contributed by atoms with van der Waals surface area (Å²) in [7, 11) is -1.83. The van der Waals surface area contributed by atoms with E-state index in [9.17, 15) is 8.42 Å². The van der Waals surface area contributed by atoms with Gasteiger partial charge >= 0.3 is 0 Å². The molecule has 1 aliphatic heterocycles. The summed E-state index contributed by atoms with van der Waals surface area (Å²) in [5, 5.41) is 0.548. The zero-order valence-electron chi connectivity index (χ0n) is 12.9. The molecule has 0 atom stereocenters. The van der Waals surface area contributed by atoms with Crippen LogP contribution in [0.3, 0.4) is 0 Å². The lowest BCUT2D eigenvalue weighted by molar-refractivity contribution is 0.0340. The van der Waals surface area contributed by atoms with Crippen molar-refractivity contribution in [3.63, 3.8) is 0 Å². The molecule has 1 fully saturated rings. The summed E-state index contributed by atoms with van der Waals surface area (Å²) in [6, 6.07) is 5.15. The van der Waals surface area contributed by atoms with E-state index in [1.807, 2.05) is 6.92 Å². The summed E-state index contributed by atoms with van der Waals surface area (Å²) in [4.78, 5) is 0. The van der Waals surface area contributed by atoms with Crippen molar-refractivity contribution in [2.75, 3.05) is 26.1 Å². The third kappa shape index (κ3) is 4.84. The lowest BCUT2D eigenvalue weighted by Gasteiger charge is -2.33. The molecule has 1 aromatic rings. The smallest absolute Gasteiger partial charge is 0.212 e. The summed E-state index contributed by atoms with van der Waals surface area (Å²) in [5.74, 6) is 0.719. The number of rotatable bonds is 6. The van der Waals surface area contributed by atoms with Gasteiger partial charge in [-0.2, -0.15) is 0 Å². The second-order valence-corrected chi connectivity index (χ2v) is 8.20. The van der Waals surface area contributed by atoms with Crippen molar-refractivity contribution in [2.24, 2.45) is 5.41 Å². The normalized spacial score (nSPS) is 18.1. The van der Waals surface area contributed by atoms with Crippen LogP contribution in [0.1, 0.15) is 25.3 Å². The first-order valence-corrected chi connectivity index (χ1v) is 9.24. The standard InChI is InChI=1S/C15H22ClNO4S/c1-15(5-7-21-8-6-15)11-22(18,19)17-10-12-9-13(16)3-4-14(12)20-2/h3-4,9,17H,5-8,10-11H2,1-2H3. The highest BCUT2D eigenvalue weighted by Gasteiger charge is 2.32. The van der Waals surface area contributed by atoms with Gasteiger partial charge in [0.2, 0.25) is 10.0 Å². The van der Waals surface area contributed by atoms with E-state index in [4.69, 9.17) is 21.1 Å². The van der Waals surface area contributed by atoms with Crippen molar-refractivity contribution < 1.29 is 17.9 Å². The average Bonchev–Trinajstić information content (AvgIpc) is 2.45. The molecule has 1 aliphatic rings. The number of hydrogen-bond donors (Lipinski definition) is 1. The molecule has 0 spiro atoms. The number of methoxy groups -OCH3 is 1. The van der Waals surface area contributed by atoms with Crippen molar-refractivity contribution >= 4 is 21.6 Å². The Kier molecular flexibility index (Phi) is 5.71. The molecule has 0 saturated carbocycles. The molecule has 0 unspecified atom stereocenters. The topological polar surface area (TPSA) is 64.6 Å². The number of halogens is 1. The quantitative estimate of drug-likeness (QED) is 0.859. The van der Waals surface area contributed by atoms with Crippen LogP contribution in [0.2, 0.25) is 5.02 Å². The Bertz CT molecular complexity index is 612. The molecule has 0 radical (unpaired) electrons. The van der Waals surface area contributed by atoms with E-state index in [1.54, 1.807) is 25.3 Å². The van der Waals surface area contributed by atoms with E-state index in [2.05, 4.69) is 4.72 Å². The largest absolute Gasteiger partial charge is 0.496 e. The minimum Gasteiger partial charge on any atom is -0.496 e. The Morgan fingerprint density at radius 2 is 2.05 bits per heavy atom. The highest BCUT2D eigenvalue weighted by atomic mass is 35.5. The summed E-state index contributed by atoms with van der Waals surface area (Å²) in [6.07, 6.45) is 1.52. The minimum absolute atomic E-state index is 0.103. The monoisotopic (exact) mass is 347 g/mol. The molecule has 0 aliphatic carbocycles. The zero-order chi connectivity index (χ0) is 16.2. The van der Waals surface area contributed by atoms with Gasteiger partial charge in [0.25, 0.3) is 0 Å². The molecule has 1 saturated heterocycles. The summed E-state index contributed by atoms with van der Waals surface area (Å²) < 4.78 is 37.8. The van der Waals surface area contributed by atoms with Gasteiger partial charge in [0, 0.05) is 30.3 Å². The molecule has 124 valence electrons. The van der Waals surface area contributed by atoms with Gasteiger partial charge < -0.3 is 9.47 Å². The van der Waals surface area contributed by atoms with Crippen molar-refractivity contribution in [3.8, 4) is 5.75 Å². The Morgan fingerprint density at radius 1 is 1.36 bits per heavy atom. The molecule has 0 bridgehead atoms. The van der Waals surface area contributed by atoms with E-state index in [0.717, 1.165) is 18.4 Å². The molecule has 7 heteroatoms. The zero-order valence-corrected chi connectivity index (χ0v) is 14.5. The van der Waals surface area contributed by atoms with E-state index in [1.165, 1.54) is 0 Å². The minimum atomic E-state index is -3.38. The van der Waals surface area contributed by atoms with E-state index >= 15 is 0 Å². The van der Waals surface area contributed by atoms with Gasteiger partial charge in [-0.3, -0.25) is 0 Å². The van der Waals surface area contributed by atoms with E-state index in [0.29, 0.717) is 24.0 Å². The van der Waals surface area contributed by atoms with Gasteiger partial charge in [-0.05, 0) is 36.5 Å². The fraction of sp³-hybridized carbons (Fsp3) is 0.600. The SMILES string of the molecule is COc1ccc(Cl)cc1CNS(=O)(=O)CC1(C)CCOCC1. The van der Waals surface area contributed by atoms with E-state index < -0.39 is 10.0 Å².